The molecule has 6 nitrogen and oxygen atoms in total. The Morgan fingerprint density at radius 2 is 2.23 bits per heavy atom. The number of rotatable bonds is 7. The number of pyridine rings is 1. The fourth-order valence-corrected chi connectivity index (χ4v) is 3.29. The molecule has 1 aliphatic rings. The fraction of sp³-hybridized carbons (Fsp3) is 0.368. The minimum Gasteiger partial charge on any atom is -0.490 e. The number of carbonyl (C=O) groups excluding carboxylic acids is 1. The van der Waals surface area contributed by atoms with E-state index in [-0.39, 0.29) is 13.0 Å². The third-order valence-corrected chi connectivity index (χ3v) is 4.47. The van der Waals surface area contributed by atoms with Crippen molar-refractivity contribution in [3.63, 3.8) is 0 Å². The van der Waals surface area contributed by atoms with Crippen LogP contribution in [0.15, 0.2) is 48.7 Å². The molecule has 26 heavy (non-hydrogen) atoms. The van der Waals surface area contributed by atoms with Crippen molar-refractivity contribution in [2.45, 2.75) is 18.6 Å². The Bertz CT molecular complexity index is 744. The molecule has 3 rings (SSSR count). The van der Waals surface area contributed by atoms with Crippen molar-refractivity contribution in [3.05, 3.63) is 59.4 Å². The van der Waals surface area contributed by atoms with Crippen molar-refractivity contribution in [2.24, 2.45) is 5.73 Å². The van der Waals surface area contributed by atoms with Gasteiger partial charge in [-0.1, -0.05) is 23.7 Å². The largest absolute Gasteiger partial charge is 0.490 e. The molecule has 2 heterocycles. The summed E-state index contributed by atoms with van der Waals surface area (Å²) in [5.74, 6) is 0.214. The van der Waals surface area contributed by atoms with Gasteiger partial charge in [-0.2, -0.15) is 0 Å². The summed E-state index contributed by atoms with van der Waals surface area (Å²) in [5, 5.41) is 0.591. The highest BCUT2D eigenvalue weighted by atomic mass is 35.5. The lowest BCUT2D eigenvalue weighted by Gasteiger charge is -2.41. The lowest BCUT2D eigenvalue weighted by molar-refractivity contribution is -0.148. The van der Waals surface area contributed by atoms with E-state index in [1.807, 2.05) is 30.3 Å². The third-order valence-electron chi connectivity index (χ3n) is 4.23. The Morgan fingerprint density at radius 3 is 2.96 bits per heavy atom. The number of amides is 1. The molecule has 1 aliphatic heterocycles. The summed E-state index contributed by atoms with van der Waals surface area (Å²) in [6.07, 6.45) is 1.86. The molecule has 0 spiro atoms. The zero-order valence-corrected chi connectivity index (χ0v) is 15.2. The lowest BCUT2D eigenvalue weighted by atomic mass is 9.97. The summed E-state index contributed by atoms with van der Waals surface area (Å²) in [5.41, 5.74) is 5.65. The molecular formula is C19H22ClN3O3. The van der Waals surface area contributed by atoms with Crippen molar-refractivity contribution in [2.75, 3.05) is 26.3 Å². The van der Waals surface area contributed by atoms with Gasteiger partial charge in [0.15, 0.2) is 0 Å². The second kappa shape index (κ2) is 8.49. The first kappa shape index (κ1) is 18.6. The summed E-state index contributed by atoms with van der Waals surface area (Å²) in [6, 6.07) is 13.0. The van der Waals surface area contributed by atoms with Crippen molar-refractivity contribution in [1.82, 2.24) is 9.88 Å². The highest BCUT2D eigenvalue weighted by Gasteiger charge is 2.39. The molecule has 1 aromatic carbocycles. The van der Waals surface area contributed by atoms with Crippen LogP contribution in [0.5, 0.6) is 5.75 Å². The molecule has 1 fully saturated rings. The van der Waals surface area contributed by atoms with E-state index in [0.717, 1.165) is 12.2 Å². The predicted molar refractivity (Wildman–Crippen MR) is 99.0 cm³/mol. The number of hydrogen-bond acceptors (Lipinski definition) is 5. The van der Waals surface area contributed by atoms with Crippen molar-refractivity contribution < 1.29 is 14.3 Å². The summed E-state index contributed by atoms with van der Waals surface area (Å²) in [7, 11) is 0. The zero-order chi connectivity index (χ0) is 18.4. The molecule has 0 bridgehead atoms. The van der Waals surface area contributed by atoms with Crippen LogP contribution in [0.4, 0.5) is 0 Å². The molecule has 1 saturated heterocycles. The van der Waals surface area contributed by atoms with Gasteiger partial charge in [-0.15, -0.1) is 0 Å². The van der Waals surface area contributed by atoms with Crippen LogP contribution in [-0.4, -0.2) is 47.7 Å². The first-order valence-corrected chi connectivity index (χ1v) is 8.85. The SMILES string of the molecule is NC(=O)C[C@@]1(COc2cccc(Cl)c2)CN(Cc2ccccn2)CCO1. The van der Waals surface area contributed by atoms with E-state index in [2.05, 4.69) is 9.88 Å². The monoisotopic (exact) mass is 375 g/mol. The maximum atomic E-state index is 11.6. The number of aromatic nitrogens is 1. The van der Waals surface area contributed by atoms with E-state index < -0.39 is 11.5 Å². The number of nitrogens with two attached hydrogens (primary N) is 1. The third kappa shape index (κ3) is 5.17. The Hall–Kier alpha value is -2.15. The van der Waals surface area contributed by atoms with Crippen LogP contribution in [0, 0.1) is 0 Å². The standard InChI is InChI=1S/C19H22ClN3O3/c20-15-4-3-6-17(10-15)25-14-19(11-18(21)24)13-23(8-9-26-19)12-16-5-1-2-7-22-16/h1-7,10H,8-9,11-14H2,(H2,21,24)/t19-/m0/s1. The average molecular weight is 376 g/mol. The van der Waals surface area contributed by atoms with Crippen LogP contribution in [0.2, 0.25) is 5.02 Å². The highest BCUT2D eigenvalue weighted by molar-refractivity contribution is 6.30. The maximum absolute atomic E-state index is 11.6. The van der Waals surface area contributed by atoms with Crippen LogP contribution in [0.3, 0.4) is 0 Å². The Kier molecular flexibility index (Phi) is 6.08. The number of benzene rings is 1. The maximum Gasteiger partial charge on any atom is 0.220 e. The molecule has 1 aromatic heterocycles. The number of hydrogen-bond donors (Lipinski definition) is 1. The van der Waals surface area contributed by atoms with Gasteiger partial charge in [-0.05, 0) is 30.3 Å². The van der Waals surface area contributed by atoms with Gasteiger partial charge in [0.2, 0.25) is 5.91 Å². The van der Waals surface area contributed by atoms with Gasteiger partial charge in [0.05, 0.1) is 18.7 Å². The van der Waals surface area contributed by atoms with E-state index in [1.54, 1.807) is 18.3 Å². The molecule has 0 radical (unpaired) electrons. The summed E-state index contributed by atoms with van der Waals surface area (Å²) in [4.78, 5) is 18.2. The zero-order valence-electron chi connectivity index (χ0n) is 14.4. The summed E-state index contributed by atoms with van der Waals surface area (Å²) in [6.45, 7) is 2.69. The van der Waals surface area contributed by atoms with Crippen LogP contribution in [0.1, 0.15) is 12.1 Å². The molecule has 0 unspecified atom stereocenters. The quantitative estimate of drug-likeness (QED) is 0.803. The summed E-state index contributed by atoms with van der Waals surface area (Å²) >= 11 is 6.00. The molecule has 0 aliphatic carbocycles. The first-order chi connectivity index (χ1) is 12.5. The second-order valence-corrected chi connectivity index (χ2v) is 6.89. The lowest BCUT2D eigenvalue weighted by Crippen LogP contribution is -2.56. The molecule has 7 heteroatoms. The van der Waals surface area contributed by atoms with Crippen molar-refractivity contribution >= 4 is 17.5 Å². The molecule has 0 saturated carbocycles. The second-order valence-electron chi connectivity index (χ2n) is 6.45. The molecular weight excluding hydrogens is 354 g/mol. The molecule has 1 atom stereocenters. The van der Waals surface area contributed by atoms with Crippen LogP contribution >= 0.6 is 11.6 Å². The van der Waals surface area contributed by atoms with E-state index in [4.69, 9.17) is 26.8 Å². The van der Waals surface area contributed by atoms with E-state index in [9.17, 15) is 4.79 Å². The average Bonchev–Trinajstić information content (AvgIpc) is 2.61. The van der Waals surface area contributed by atoms with Crippen molar-refractivity contribution in [3.8, 4) is 5.75 Å². The Balaban J connectivity index is 1.70. The van der Waals surface area contributed by atoms with Gasteiger partial charge in [0.1, 0.15) is 18.0 Å². The van der Waals surface area contributed by atoms with Crippen LogP contribution in [0.25, 0.3) is 0 Å². The van der Waals surface area contributed by atoms with Gasteiger partial charge in [-0.3, -0.25) is 14.7 Å². The minimum atomic E-state index is -0.790. The number of morpholine rings is 1. The molecule has 2 N–H and O–H groups in total. The number of ether oxygens (including phenoxy) is 2. The molecule has 2 aromatic rings. The van der Waals surface area contributed by atoms with E-state index in [1.165, 1.54) is 0 Å². The van der Waals surface area contributed by atoms with Gasteiger partial charge in [0.25, 0.3) is 0 Å². The Morgan fingerprint density at radius 1 is 1.35 bits per heavy atom. The van der Waals surface area contributed by atoms with Gasteiger partial charge in [0, 0.05) is 30.9 Å². The topological polar surface area (TPSA) is 77.7 Å². The summed E-state index contributed by atoms with van der Waals surface area (Å²) < 4.78 is 11.8. The number of carbonyl (C=O) groups is 1. The molecule has 1 amide bonds. The van der Waals surface area contributed by atoms with Crippen molar-refractivity contribution in [1.29, 1.82) is 0 Å². The number of nitrogens with zero attached hydrogens (tertiary/aromatic N) is 2. The van der Waals surface area contributed by atoms with Crippen LogP contribution in [-0.2, 0) is 16.1 Å². The normalized spacial score (nSPS) is 20.7. The highest BCUT2D eigenvalue weighted by Crippen LogP contribution is 2.26. The smallest absolute Gasteiger partial charge is 0.220 e. The van der Waals surface area contributed by atoms with E-state index >= 15 is 0 Å². The van der Waals surface area contributed by atoms with Gasteiger partial charge < -0.3 is 15.2 Å². The predicted octanol–water partition coefficient (Wildman–Crippen LogP) is 2.26. The number of halogens is 1. The van der Waals surface area contributed by atoms with E-state index in [0.29, 0.717) is 30.5 Å². The van der Waals surface area contributed by atoms with Gasteiger partial charge >= 0.3 is 0 Å². The van der Waals surface area contributed by atoms with Gasteiger partial charge in [-0.25, -0.2) is 0 Å². The molecule has 138 valence electrons. The number of primary amides is 1. The fourth-order valence-electron chi connectivity index (χ4n) is 3.11. The first-order valence-electron chi connectivity index (χ1n) is 8.48. The van der Waals surface area contributed by atoms with Crippen LogP contribution < -0.4 is 10.5 Å². The minimum absolute atomic E-state index is 0.0896. The Labute approximate surface area is 157 Å².